The Kier molecular flexibility index (Phi) is 1.83. The Hall–Kier alpha value is -1.72. The number of rotatable bonds is 1. The average molecular weight is 194 g/mol. The first-order valence-corrected chi connectivity index (χ1v) is 3.86. The molecule has 1 aliphatic rings. The fourth-order valence-corrected chi connectivity index (χ4v) is 1.26. The summed E-state index contributed by atoms with van der Waals surface area (Å²) < 4.78 is 4.33. The molecule has 0 radical (unpaired) electrons. The third kappa shape index (κ3) is 1.19. The van der Waals surface area contributed by atoms with Crippen molar-refractivity contribution in [1.82, 2.24) is 0 Å². The maximum absolute atomic E-state index is 11.0. The minimum absolute atomic E-state index is 0.0700. The van der Waals surface area contributed by atoms with Gasteiger partial charge in [0.1, 0.15) is 0 Å². The van der Waals surface area contributed by atoms with Crippen LogP contribution in [-0.4, -0.2) is 22.2 Å². The molecule has 2 N–H and O–H groups in total. The maximum atomic E-state index is 11.0. The van der Waals surface area contributed by atoms with Gasteiger partial charge in [-0.15, -0.1) is 0 Å². The maximum Gasteiger partial charge on any atom is 0.346 e. The first-order chi connectivity index (χ1) is 6.59. The minimum atomic E-state index is -1.66. The van der Waals surface area contributed by atoms with Gasteiger partial charge >= 0.3 is 11.9 Å². The Morgan fingerprint density at radius 2 is 1.71 bits per heavy atom. The van der Waals surface area contributed by atoms with Gasteiger partial charge in [0, 0.05) is 5.56 Å². The van der Waals surface area contributed by atoms with Crippen molar-refractivity contribution in [2.75, 3.05) is 0 Å². The lowest BCUT2D eigenvalue weighted by atomic mass is 10.1. The zero-order chi connectivity index (χ0) is 10.3. The molecule has 0 saturated heterocycles. The number of benzene rings is 1. The van der Waals surface area contributed by atoms with E-state index < -0.39 is 18.2 Å². The Labute approximate surface area is 78.5 Å². The van der Waals surface area contributed by atoms with E-state index in [4.69, 9.17) is 10.2 Å². The molecule has 14 heavy (non-hydrogen) atoms. The number of aliphatic hydroxyl groups is 2. The predicted molar refractivity (Wildman–Crippen MR) is 43.4 cm³/mol. The van der Waals surface area contributed by atoms with Gasteiger partial charge in [0.05, 0.1) is 11.1 Å². The van der Waals surface area contributed by atoms with E-state index >= 15 is 0 Å². The van der Waals surface area contributed by atoms with Crippen molar-refractivity contribution in [3.05, 3.63) is 34.9 Å². The molecule has 1 heterocycles. The van der Waals surface area contributed by atoms with Gasteiger partial charge in [0.2, 0.25) is 0 Å². The molecular weight excluding hydrogens is 188 g/mol. The zero-order valence-electron chi connectivity index (χ0n) is 6.93. The van der Waals surface area contributed by atoms with Crippen molar-refractivity contribution in [1.29, 1.82) is 0 Å². The Bertz CT molecular complexity index is 421. The summed E-state index contributed by atoms with van der Waals surface area (Å²) in [7, 11) is 0. The van der Waals surface area contributed by atoms with E-state index in [9.17, 15) is 9.59 Å². The number of carbonyl (C=O) groups excluding carboxylic acids is 2. The van der Waals surface area contributed by atoms with Crippen LogP contribution in [0.2, 0.25) is 0 Å². The molecule has 0 saturated carbocycles. The van der Waals surface area contributed by atoms with Crippen LogP contribution in [0.1, 0.15) is 32.6 Å². The number of cyclic esters (lactones) is 2. The number of fused-ring (bicyclic) bond motifs is 1. The van der Waals surface area contributed by atoms with Crippen LogP contribution >= 0.6 is 0 Å². The van der Waals surface area contributed by atoms with Gasteiger partial charge < -0.3 is 14.9 Å². The van der Waals surface area contributed by atoms with Crippen LogP contribution in [0, 0.1) is 0 Å². The van der Waals surface area contributed by atoms with Crippen LogP contribution < -0.4 is 0 Å². The molecule has 1 aromatic carbocycles. The lowest BCUT2D eigenvalue weighted by Crippen LogP contribution is -1.99. The lowest BCUT2D eigenvalue weighted by Gasteiger charge is -2.03. The summed E-state index contributed by atoms with van der Waals surface area (Å²) in [5.41, 5.74) is 0.371. The van der Waals surface area contributed by atoms with Crippen LogP contribution in [0.15, 0.2) is 18.2 Å². The third-order valence-corrected chi connectivity index (χ3v) is 1.97. The number of hydrogen-bond donors (Lipinski definition) is 2. The molecule has 0 unspecified atom stereocenters. The molecule has 0 fully saturated rings. The van der Waals surface area contributed by atoms with Crippen molar-refractivity contribution in [3.8, 4) is 0 Å². The molecule has 1 aromatic rings. The molecule has 72 valence electrons. The molecule has 0 aromatic heterocycles. The SMILES string of the molecule is O=C1OC(=O)c2cc(C(O)O)ccc21. The fraction of sp³-hybridized carbons (Fsp3) is 0.111. The topological polar surface area (TPSA) is 83.8 Å². The first-order valence-electron chi connectivity index (χ1n) is 3.86. The number of ether oxygens (including phenoxy) is 1. The van der Waals surface area contributed by atoms with E-state index in [0.717, 1.165) is 0 Å². The molecule has 0 atom stereocenters. The van der Waals surface area contributed by atoms with E-state index in [1.165, 1.54) is 18.2 Å². The highest BCUT2D eigenvalue weighted by atomic mass is 16.6. The summed E-state index contributed by atoms with van der Waals surface area (Å²) in [6.07, 6.45) is -1.66. The second kappa shape index (κ2) is 2.90. The minimum Gasteiger partial charge on any atom is -0.386 e. The van der Waals surface area contributed by atoms with Crippen molar-refractivity contribution in [3.63, 3.8) is 0 Å². The van der Waals surface area contributed by atoms with Crippen LogP contribution in [0.5, 0.6) is 0 Å². The second-order valence-electron chi connectivity index (χ2n) is 2.86. The molecule has 5 nitrogen and oxygen atoms in total. The van der Waals surface area contributed by atoms with E-state index in [1.807, 2.05) is 0 Å². The van der Waals surface area contributed by atoms with E-state index in [0.29, 0.717) is 0 Å². The summed E-state index contributed by atoms with van der Waals surface area (Å²) in [5, 5.41) is 17.7. The molecule has 0 bridgehead atoms. The average Bonchev–Trinajstić information content (AvgIpc) is 2.42. The van der Waals surface area contributed by atoms with E-state index in [2.05, 4.69) is 4.74 Å². The van der Waals surface area contributed by atoms with Crippen LogP contribution in [0.25, 0.3) is 0 Å². The van der Waals surface area contributed by atoms with E-state index in [1.54, 1.807) is 0 Å². The third-order valence-electron chi connectivity index (χ3n) is 1.97. The van der Waals surface area contributed by atoms with E-state index in [-0.39, 0.29) is 16.7 Å². The summed E-state index contributed by atoms with van der Waals surface area (Å²) in [6, 6.07) is 3.91. The Morgan fingerprint density at radius 3 is 2.36 bits per heavy atom. The summed E-state index contributed by atoms with van der Waals surface area (Å²) in [4.78, 5) is 22.0. The molecule has 0 aliphatic carbocycles. The highest BCUT2D eigenvalue weighted by Crippen LogP contribution is 2.23. The van der Waals surface area contributed by atoms with Gasteiger partial charge in [0.15, 0.2) is 6.29 Å². The zero-order valence-corrected chi connectivity index (χ0v) is 6.93. The number of esters is 2. The quantitative estimate of drug-likeness (QED) is 0.373. The smallest absolute Gasteiger partial charge is 0.346 e. The highest BCUT2D eigenvalue weighted by Gasteiger charge is 2.29. The molecule has 0 amide bonds. The monoisotopic (exact) mass is 194 g/mol. The summed E-state index contributed by atoms with van der Waals surface area (Å²) in [6.45, 7) is 0. The van der Waals surface area contributed by atoms with Crippen molar-refractivity contribution in [2.45, 2.75) is 6.29 Å². The largest absolute Gasteiger partial charge is 0.386 e. The van der Waals surface area contributed by atoms with Crippen molar-refractivity contribution < 1.29 is 24.5 Å². The van der Waals surface area contributed by atoms with Crippen LogP contribution in [-0.2, 0) is 4.74 Å². The fourth-order valence-electron chi connectivity index (χ4n) is 1.26. The summed E-state index contributed by atoms with van der Waals surface area (Å²) in [5.74, 6) is -1.46. The van der Waals surface area contributed by atoms with Gasteiger partial charge in [-0.1, -0.05) is 6.07 Å². The van der Waals surface area contributed by atoms with Crippen molar-refractivity contribution >= 4 is 11.9 Å². The Morgan fingerprint density at radius 1 is 1.07 bits per heavy atom. The van der Waals surface area contributed by atoms with Gasteiger partial charge in [-0.05, 0) is 12.1 Å². The van der Waals surface area contributed by atoms with Gasteiger partial charge in [-0.2, -0.15) is 0 Å². The lowest BCUT2D eigenvalue weighted by molar-refractivity contribution is -0.0425. The molecule has 2 rings (SSSR count). The molecule has 5 heteroatoms. The van der Waals surface area contributed by atoms with Gasteiger partial charge in [0.25, 0.3) is 0 Å². The number of hydrogen-bond acceptors (Lipinski definition) is 5. The van der Waals surface area contributed by atoms with Crippen LogP contribution in [0.4, 0.5) is 0 Å². The number of carbonyl (C=O) groups is 2. The predicted octanol–water partition coefficient (Wildman–Crippen LogP) is -0.0196. The molecule has 1 aliphatic heterocycles. The first kappa shape index (κ1) is 8.86. The van der Waals surface area contributed by atoms with Crippen LogP contribution in [0.3, 0.4) is 0 Å². The number of aliphatic hydroxyl groups excluding tert-OH is 1. The second-order valence-corrected chi connectivity index (χ2v) is 2.86. The molecular formula is C9H6O5. The van der Waals surface area contributed by atoms with Gasteiger partial charge in [-0.25, -0.2) is 9.59 Å². The Balaban J connectivity index is 2.55. The molecule has 0 spiro atoms. The normalized spacial score (nSPS) is 14.5. The van der Waals surface area contributed by atoms with Gasteiger partial charge in [-0.3, -0.25) is 0 Å². The highest BCUT2D eigenvalue weighted by molar-refractivity contribution is 6.14. The standard InChI is InChI=1S/C9H6O5/c10-7(11)4-1-2-5-6(3-4)9(13)14-8(5)12/h1-3,7,10-11H. The van der Waals surface area contributed by atoms with Crippen molar-refractivity contribution in [2.24, 2.45) is 0 Å². The summed E-state index contributed by atoms with van der Waals surface area (Å²) >= 11 is 0.